The number of hydrogen-bond acceptors (Lipinski definition) is 4. The number of thioether (sulfide) groups is 1. The van der Waals surface area contributed by atoms with Crippen molar-refractivity contribution in [3.8, 4) is 0 Å². The maximum atomic E-state index is 5.78. The zero-order valence-corrected chi connectivity index (χ0v) is 10.8. The topological polar surface area (TPSA) is 30.5 Å². The zero-order chi connectivity index (χ0) is 11.1. The summed E-state index contributed by atoms with van der Waals surface area (Å²) in [7, 11) is 0. The Bertz CT molecular complexity index is 256. The Balaban J connectivity index is 1.62. The summed E-state index contributed by atoms with van der Waals surface area (Å²) in [5.74, 6) is 1.06. The van der Waals surface area contributed by atoms with Gasteiger partial charge in [0.25, 0.3) is 0 Å². The average Bonchev–Trinajstić information content (AvgIpc) is 2.91. The Kier molecular flexibility index (Phi) is 2.94. The second-order valence-corrected chi connectivity index (χ2v) is 6.57. The lowest BCUT2D eigenvalue weighted by Gasteiger charge is -2.41. The van der Waals surface area contributed by atoms with E-state index >= 15 is 0 Å². The van der Waals surface area contributed by atoms with E-state index in [9.17, 15) is 0 Å². The van der Waals surface area contributed by atoms with Crippen molar-refractivity contribution in [2.45, 2.75) is 55.7 Å². The third-order valence-corrected chi connectivity index (χ3v) is 5.80. The Morgan fingerprint density at radius 1 is 1.19 bits per heavy atom. The second-order valence-electron chi connectivity index (χ2n) is 5.16. The summed E-state index contributed by atoms with van der Waals surface area (Å²) in [5, 5.41) is 3.81. The van der Waals surface area contributed by atoms with Gasteiger partial charge in [0, 0.05) is 24.6 Å². The van der Waals surface area contributed by atoms with Crippen LogP contribution in [0.2, 0.25) is 0 Å². The van der Waals surface area contributed by atoms with E-state index in [1.165, 1.54) is 25.0 Å². The number of ether oxygens (including phenoxy) is 2. The zero-order valence-electron chi connectivity index (χ0n) is 9.96. The van der Waals surface area contributed by atoms with Crippen LogP contribution in [0.4, 0.5) is 0 Å². The molecule has 0 aromatic heterocycles. The summed E-state index contributed by atoms with van der Waals surface area (Å²) in [6.45, 7) is 3.83. The molecule has 3 nitrogen and oxygen atoms in total. The molecule has 0 aromatic rings. The van der Waals surface area contributed by atoms with Crippen LogP contribution in [0, 0.1) is 0 Å². The van der Waals surface area contributed by atoms with Gasteiger partial charge in [-0.25, -0.2) is 0 Å². The van der Waals surface area contributed by atoms with Gasteiger partial charge in [-0.2, -0.15) is 0 Å². The summed E-state index contributed by atoms with van der Waals surface area (Å²) in [6.07, 6.45) is 5.74. The molecule has 1 N–H and O–H groups in total. The third-order valence-electron chi connectivity index (χ3n) is 4.15. The maximum Gasteiger partial charge on any atom is 0.168 e. The lowest BCUT2D eigenvalue weighted by atomic mass is 9.89. The molecule has 1 saturated carbocycles. The molecule has 3 aliphatic rings. The Morgan fingerprint density at radius 3 is 2.44 bits per heavy atom. The van der Waals surface area contributed by atoms with Gasteiger partial charge >= 0.3 is 0 Å². The van der Waals surface area contributed by atoms with E-state index in [4.69, 9.17) is 9.47 Å². The van der Waals surface area contributed by atoms with Crippen LogP contribution in [0.3, 0.4) is 0 Å². The van der Waals surface area contributed by atoms with Crippen LogP contribution in [0.25, 0.3) is 0 Å². The van der Waals surface area contributed by atoms with Gasteiger partial charge in [0.05, 0.1) is 18.1 Å². The molecule has 1 atom stereocenters. The average molecular weight is 243 g/mol. The lowest BCUT2D eigenvalue weighted by molar-refractivity contribution is -0.181. The number of hydrogen-bond donors (Lipinski definition) is 1. The van der Waals surface area contributed by atoms with Crippen molar-refractivity contribution in [3.05, 3.63) is 0 Å². The first-order valence-corrected chi connectivity index (χ1v) is 7.44. The molecule has 2 saturated heterocycles. The second kappa shape index (κ2) is 4.16. The highest BCUT2D eigenvalue weighted by Gasteiger charge is 2.49. The van der Waals surface area contributed by atoms with Crippen molar-refractivity contribution in [1.82, 2.24) is 5.32 Å². The molecule has 0 aromatic carbocycles. The van der Waals surface area contributed by atoms with E-state index in [1.54, 1.807) is 0 Å². The maximum absolute atomic E-state index is 5.78. The highest BCUT2D eigenvalue weighted by atomic mass is 32.2. The van der Waals surface area contributed by atoms with Crippen LogP contribution in [0.5, 0.6) is 0 Å². The van der Waals surface area contributed by atoms with Crippen molar-refractivity contribution >= 4 is 11.8 Å². The fraction of sp³-hybridized carbons (Fsp3) is 1.00. The smallest absolute Gasteiger partial charge is 0.168 e. The molecule has 0 radical (unpaired) electrons. The monoisotopic (exact) mass is 243 g/mol. The van der Waals surface area contributed by atoms with Gasteiger partial charge in [0.2, 0.25) is 0 Å². The molecule has 2 heterocycles. The fourth-order valence-electron chi connectivity index (χ4n) is 3.04. The minimum atomic E-state index is -0.211. The molecule has 0 amide bonds. The van der Waals surface area contributed by atoms with Crippen LogP contribution in [0.15, 0.2) is 0 Å². The van der Waals surface area contributed by atoms with Gasteiger partial charge in [-0.3, -0.25) is 5.32 Å². The van der Waals surface area contributed by atoms with Crippen LogP contribution in [0.1, 0.15) is 39.0 Å². The van der Waals surface area contributed by atoms with E-state index < -0.39 is 0 Å². The highest BCUT2D eigenvalue weighted by Crippen LogP contribution is 2.47. The van der Waals surface area contributed by atoms with E-state index in [0.29, 0.717) is 10.9 Å². The van der Waals surface area contributed by atoms with E-state index in [-0.39, 0.29) is 5.79 Å². The van der Waals surface area contributed by atoms with Crippen LogP contribution in [-0.2, 0) is 9.47 Å². The van der Waals surface area contributed by atoms with Crippen LogP contribution in [-0.4, -0.2) is 35.7 Å². The molecule has 2 aliphatic heterocycles. The first-order valence-electron chi connectivity index (χ1n) is 6.45. The summed E-state index contributed by atoms with van der Waals surface area (Å²) in [6, 6.07) is 0.712. The Hall–Kier alpha value is 0.230. The third kappa shape index (κ3) is 1.90. The Morgan fingerprint density at radius 2 is 1.88 bits per heavy atom. The first-order chi connectivity index (χ1) is 7.76. The summed E-state index contributed by atoms with van der Waals surface area (Å²) < 4.78 is 11.6. The number of rotatable bonds is 1. The van der Waals surface area contributed by atoms with Crippen molar-refractivity contribution < 1.29 is 9.47 Å². The molecule has 16 heavy (non-hydrogen) atoms. The fourth-order valence-corrected chi connectivity index (χ4v) is 4.63. The van der Waals surface area contributed by atoms with Crippen molar-refractivity contribution in [3.63, 3.8) is 0 Å². The molecule has 2 spiro atoms. The lowest BCUT2D eigenvalue weighted by Crippen LogP contribution is -2.49. The summed E-state index contributed by atoms with van der Waals surface area (Å²) in [4.78, 5) is 0.335. The summed E-state index contributed by atoms with van der Waals surface area (Å²) >= 11 is 2.12. The predicted molar refractivity (Wildman–Crippen MR) is 65.5 cm³/mol. The highest BCUT2D eigenvalue weighted by molar-refractivity contribution is 8.00. The van der Waals surface area contributed by atoms with E-state index in [0.717, 1.165) is 26.1 Å². The van der Waals surface area contributed by atoms with E-state index in [1.807, 2.05) is 0 Å². The molecule has 1 aliphatic carbocycles. The standard InChI is InChI=1S/C12H21NO2S/c1-2-10-9-16-11(13-10)3-5-12(6-4-11)14-7-8-15-12/h10,13H,2-9H2,1H3. The molecule has 3 fully saturated rings. The van der Waals surface area contributed by atoms with Gasteiger partial charge < -0.3 is 9.47 Å². The largest absolute Gasteiger partial charge is 0.348 e. The van der Waals surface area contributed by atoms with Crippen LogP contribution >= 0.6 is 11.8 Å². The minimum Gasteiger partial charge on any atom is -0.348 e. The quantitative estimate of drug-likeness (QED) is 0.764. The van der Waals surface area contributed by atoms with Gasteiger partial charge in [-0.1, -0.05) is 6.92 Å². The van der Waals surface area contributed by atoms with Gasteiger partial charge in [0.1, 0.15) is 0 Å². The first kappa shape index (κ1) is 11.3. The summed E-state index contributed by atoms with van der Waals surface area (Å²) in [5.41, 5.74) is 0. The predicted octanol–water partition coefficient (Wildman–Crippen LogP) is 2.11. The molecule has 0 bridgehead atoms. The molecule has 4 heteroatoms. The van der Waals surface area contributed by atoms with Crippen molar-refractivity contribution in [2.75, 3.05) is 19.0 Å². The van der Waals surface area contributed by atoms with Crippen molar-refractivity contribution in [2.24, 2.45) is 0 Å². The molecular formula is C12H21NO2S. The van der Waals surface area contributed by atoms with Gasteiger partial charge in [-0.05, 0) is 19.3 Å². The van der Waals surface area contributed by atoms with Crippen molar-refractivity contribution in [1.29, 1.82) is 0 Å². The molecule has 1 unspecified atom stereocenters. The Labute approximate surface area is 102 Å². The molecule has 3 rings (SSSR count). The minimum absolute atomic E-state index is 0.211. The van der Waals surface area contributed by atoms with Gasteiger partial charge in [-0.15, -0.1) is 11.8 Å². The van der Waals surface area contributed by atoms with Gasteiger partial charge in [0.15, 0.2) is 5.79 Å². The normalized spacial score (nSPS) is 36.2. The molecule has 92 valence electrons. The van der Waals surface area contributed by atoms with Crippen LogP contribution < -0.4 is 5.32 Å². The number of nitrogens with one attached hydrogen (secondary N) is 1. The molecular weight excluding hydrogens is 222 g/mol. The SMILES string of the molecule is CCC1CSC2(CCC3(CC2)OCCO3)N1. The van der Waals surface area contributed by atoms with E-state index in [2.05, 4.69) is 24.0 Å².